The van der Waals surface area contributed by atoms with Gasteiger partial charge in [0.15, 0.2) is 5.78 Å². The van der Waals surface area contributed by atoms with Gasteiger partial charge in [-0.3, -0.25) is 9.59 Å². The molecule has 0 aromatic heterocycles. The third kappa shape index (κ3) is 2.93. The molecule has 2 amide bonds. The fourth-order valence-electron chi connectivity index (χ4n) is 4.60. The van der Waals surface area contributed by atoms with E-state index >= 15 is 0 Å². The van der Waals surface area contributed by atoms with Gasteiger partial charge < -0.3 is 20.1 Å². The summed E-state index contributed by atoms with van der Waals surface area (Å²) in [6, 6.07) is 11.2. The zero-order valence-corrected chi connectivity index (χ0v) is 15.7. The van der Waals surface area contributed by atoms with Gasteiger partial charge in [-0.1, -0.05) is 18.2 Å². The predicted molar refractivity (Wildman–Crippen MR) is 104 cm³/mol. The molecule has 2 aromatic carbocycles. The van der Waals surface area contributed by atoms with Crippen LogP contribution in [-0.2, 0) is 0 Å². The van der Waals surface area contributed by atoms with Crippen LogP contribution in [0.25, 0.3) is 11.1 Å². The molecule has 2 aromatic rings. The number of nitrogens with zero attached hydrogens (tertiary/aromatic N) is 1. The van der Waals surface area contributed by atoms with Gasteiger partial charge in [0.05, 0.1) is 12.2 Å². The Bertz CT molecular complexity index is 1050. The number of hydrogen-bond donors (Lipinski definition) is 2. The molecule has 2 N–H and O–H groups in total. The molecule has 1 saturated heterocycles. The number of nitrogens with one attached hydrogen (secondary N) is 1. The summed E-state index contributed by atoms with van der Waals surface area (Å²) in [5.41, 5.74) is 3.71. The van der Waals surface area contributed by atoms with Crippen LogP contribution in [0.1, 0.15) is 38.6 Å². The first-order valence-electron chi connectivity index (χ1n) is 9.71. The Morgan fingerprint density at radius 1 is 1.07 bits per heavy atom. The van der Waals surface area contributed by atoms with Crippen molar-refractivity contribution in [2.75, 3.05) is 26.2 Å². The standard InChI is InChI=1S/C22H20N2O5/c25-19-5-6-29-20-4-2-13(8-17(19)20)12-1-3-15-16(7-12)21(26)23-9-14-10-24(22(27)28)11-18(14)15/h1-4,7-8,14,18H,5-6,9-11H2,(H,23,26)(H,27,28)/t14-,18-/m1/s1. The molecule has 5 rings (SSSR count). The van der Waals surface area contributed by atoms with Crippen LogP contribution in [0, 0.1) is 5.92 Å². The Balaban J connectivity index is 1.54. The minimum atomic E-state index is -0.927. The van der Waals surface area contributed by atoms with Gasteiger partial charge in [0.2, 0.25) is 0 Å². The van der Waals surface area contributed by atoms with Crippen molar-refractivity contribution in [2.45, 2.75) is 12.3 Å². The van der Waals surface area contributed by atoms with E-state index in [1.54, 1.807) is 6.07 Å². The van der Waals surface area contributed by atoms with Gasteiger partial charge in [0.25, 0.3) is 5.91 Å². The molecule has 0 radical (unpaired) electrons. The van der Waals surface area contributed by atoms with E-state index in [-0.39, 0.29) is 23.5 Å². The molecule has 3 heterocycles. The van der Waals surface area contributed by atoms with Crippen LogP contribution >= 0.6 is 0 Å². The van der Waals surface area contributed by atoms with Gasteiger partial charge in [-0.25, -0.2) is 4.79 Å². The summed E-state index contributed by atoms with van der Waals surface area (Å²) in [7, 11) is 0. The van der Waals surface area contributed by atoms with E-state index in [9.17, 15) is 19.5 Å². The van der Waals surface area contributed by atoms with E-state index in [4.69, 9.17) is 4.74 Å². The Kier molecular flexibility index (Phi) is 4.04. The molecule has 7 heteroatoms. The molecular formula is C22H20N2O5. The Morgan fingerprint density at radius 2 is 1.83 bits per heavy atom. The predicted octanol–water partition coefficient (Wildman–Crippen LogP) is 2.76. The smallest absolute Gasteiger partial charge is 0.407 e. The summed E-state index contributed by atoms with van der Waals surface area (Å²) in [6.45, 7) is 1.68. The Labute approximate surface area is 167 Å². The molecule has 148 valence electrons. The van der Waals surface area contributed by atoms with Crippen LogP contribution in [0.15, 0.2) is 36.4 Å². The number of carbonyl (C=O) groups excluding carboxylic acids is 2. The number of fused-ring (bicyclic) bond motifs is 4. The zero-order valence-electron chi connectivity index (χ0n) is 15.7. The van der Waals surface area contributed by atoms with Crippen LogP contribution < -0.4 is 10.1 Å². The van der Waals surface area contributed by atoms with E-state index < -0.39 is 6.09 Å². The van der Waals surface area contributed by atoms with E-state index in [1.165, 1.54) is 4.90 Å². The topological polar surface area (TPSA) is 95.9 Å². The second-order valence-corrected chi connectivity index (χ2v) is 7.80. The van der Waals surface area contributed by atoms with E-state index in [2.05, 4.69) is 5.32 Å². The molecule has 29 heavy (non-hydrogen) atoms. The normalized spacial score (nSPS) is 22.7. The van der Waals surface area contributed by atoms with Crippen molar-refractivity contribution >= 4 is 17.8 Å². The second-order valence-electron chi connectivity index (χ2n) is 7.80. The highest BCUT2D eigenvalue weighted by atomic mass is 16.5. The van der Waals surface area contributed by atoms with Gasteiger partial charge in [-0.05, 0) is 34.9 Å². The maximum atomic E-state index is 12.7. The number of rotatable bonds is 1. The number of ketones is 1. The third-order valence-corrected chi connectivity index (χ3v) is 6.13. The van der Waals surface area contributed by atoms with E-state index in [0.29, 0.717) is 49.5 Å². The minimum absolute atomic E-state index is 0.00684. The fraction of sp³-hybridized carbons (Fsp3) is 0.318. The number of ether oxygens (including phenoxy) is 1. The molecule has 0 spiro atoms. The molecule has 0 unspecified atom stereocenters. The lowest BCUT2D eigenvalue weighted by molar-refractivity contribution is 0.0929. The molecule has 1 fully saturated rings. The number of carbonyl (C=O) groups is 3. The first kappa shape index (κ1) is 17.7. The summed E-state index contributed by atoms with van der Waals surface area (Å²) < 4.78 is 5.55. The lowest BCUT2D eigenvalue weighted by atomic mass is 9.86. The maximum Gasteiger partial charge on any atom is 0.407 e. The fourth-order valence-corrected chi connectivity index (χ4v) is 4.60. The number of Topliss-reactive ketones (excluding diaryl/α,β-unsaturated/α-hetero) is 1. The maximum absolute atomic E-state index is 12.7. The number of amides is 2. The highest BCUT2D eigenvalue weighted by Gasteiger charge is 2.40. The molecule has 0 saturated carbocycles. The average Bonchev–Trinajstić information content (AvgIpc) is 3.11. The van der Waals surface area contributed by atoms with Crippen molar-refractivity contribution in [1.29, 1.82) is 0 Å². The van der Waals surface area contributed by atoms with Crippen molar-refractivity contribution < 1.29 is 24.2 Å². The molecule has 7 nitrogen and oxygen atoms in total. The highest BCUT2D eigenvalue weighted by Crippen LogP contribution is 2.38. The van der Waals surface area contributed by atoms with Gasteiger partial charge in [0.1, 0.15) is 5.75 Å². The summed E-state index contributed by atoms with van der Waals surface area (Å²) >= 11 is 0. The van der Waals surface area contributed by atoms with Crippen LogP contribution in [0.2, 0.25) is 0 Å². The van der Waals surface area contributed by atoms with Gasteiger partial charge >= 0.3 is 6.09 Å². The quantitative estimate of drug-likeness (QED) is 0.778. The Morgan fingerprint density at radius 3 is 2.62 bits per heavy atom. The van der Waals surface area contributed by atoms with E-state index in [0.717, 1.165) is 16.7 Å². The molecule has 3 aliphatic rings. The minimum Gasteiger partial charge on any atom is -0.492 e. The number of benzene rings is 2. The summed E-state index contributed by atoms with van der Waals surface area (Å²) in [5, 5.41) is 12.3. The number of likely N-dealkylation sites (tertiary alicyclic amines) is 1. The van der Waals surface area contributed by atoms with Gasteiger partial charge in [-0.2, -0.15) is 0 Å². The second kappa shape index (κ2) is 6.62. The van der Waals surface area contributed by atoms with Crippen LogP contribution in [0.5, 0.6) is 5.75 Å². The average molecular weight is 392 g/mol. The lowest BCUT2D eigenvalue weighted by Gasteiger charge is -2.18. The summed E-state index contributed by atoms with van der Waals surface area (Å²) in [4.78, 5) is 37.7. The Hall–Kier alpha value is -3.35. The molecule has 3 aliphatic heterocycles. The first-order chi connectivity index (χ1) is 14.0. The van der Waals surface area contributed by atoms with E-state index in [1.807, 2.05) is 30.3 Å². The number of hydrogen-bond acceptors (Lipinski definition) is 4. The molecule has 0 bridgehead atoms. The van der Waals surface area contributed by atoms with Crippen molar-refractivity contribution in [2.24, 2.45) is 5.92 Å². The van der Waals surface area contributed by atoms with Gasteiger partial charge in [-0.15, -0.1) is 0 Å². The van der Waals surface area contributed by atoms with Gasteiger partial charge in [0, 0.05) is 43.5 Å². The number of carboxylic acid groups (broad SMARTS) is 1. The van der Waals surface area contributed by atoms with Crippen molar-refractivity contribution in [3.8, 4) is 16.9 Å². The highest BCUT2D eigenvalue weighted by molar-refractivity contribution is 6.01. The SMILES string of the molecule is O=C1CCOc2ccc(-c3ccc4c(c3)C(=O)NC[C@@H]3CN(C(=O)O)C[C@@H]43)cc21. The lowest BCUT2D eigenvalue weighted by Crippen LogP contribution is -2.31. The first-order valence-corrected chi connectivity index (χ1v) is 9.71. The van der Waals surface area contributed by atoms with Crippen LogP contribution in [-0.4, -0.2) is 54.0 Å². The zero-order chi connectivity index (χ0) is 20.1. The largest absolute Gasteiger partial charge is 0.492 e. The molecular weight excluding hydrogens is 372 g/mol. The monoisotopic (exact) mass is 392 g/mol. The molecule has 0 aliphatic carbocycles. The van der Waals surface area contributed by atoms with Crippen LogP contribution in [0.4, 0.5) is 4.79 Å². The van der Waals surface area contributed by atoms with Crippen molar-refractivity contribution in [1.82, 2.24) is 10.2 Å². The van der Waals surface area contributed by atoms with Crippen LogP contribution in [0.3, 0.4) is 0 Å². The summed E-state index contributed by atoms with van der Waals surface area (Å²) in [6.07, 6.45) is -0.560. The third-order valence-electron chi connectivity index (χ3n) is 6.13. The summed E-state index contributed by atoms with van der Waals surface area (Å²) in [5.74, 6) is 0.576. The molecule has 2 atom stereocenters. The van der Waals surface area contributed by atoms with Crippen molar-refractivity contribution in [3.63, 3.8) is 0 Å². The van der Waals surface area contributed by atoms with Crippen molar-refractivity contribution in [3.05, 3.63) is 53.1 Å².